The molecule has 3 rings (SSSR count). The Morgan fingerprint density at radius 3 is 2.53 bits per heavy atom. The second-order valence-electron chi connectivity index (χ2n) is 4.70. The van der Waals surface area contributed by atoms with Crippen molar-refractivity contribution in [3.63, 3.8) is 0 Å². The number of carbonyl (C=O) groups excluding carboxylic acids is 1. The SMILES string of the molecule is O=C(O)CSCC(=O)NC1CN2CCC1CC2. The lowest BCUT2D eigenvalue weighted by atomic mass is 9.84. The maximum Gasteiger partial charge on any atom is 0.313 e. The van der Waals surface area contributed by atoms with E-state index in [4.69, 9.17) is 5.11 Å². The van der Waals surface area contributed by atoms with E-state index in [-0.39, 0.29) is 23.5 Å². The molecule has 2 N–H and O–H groups in total. The van der Waals surface area contributed by atoms with Crippen LogP contribution in [0.15, 0.2) is 0 Å². The van der Waals surface area contributed by atoms with Gasteiger partial charge in [-0.2, -0.15) is 0 Å². The van der Waals surface area contributed by atoms with Gasteiger partial charge in [-0.05, 0) is 31.8 Å². The number of hydrogen-bond donors (Lipinski definition) is 2. The Morgan fingerprint density at radius 2 is 2.00 bits per heavy atom. The highest BCUT2D eigenvalue weighted by Crippen LogP contribution is 2.27. The minimum atomic E-state index is -0.870. The number of thioether (sulfide) groups is 1. The van der Waals surface area contributed by atoms with Crippen molar-refractivity contribution >= 4 is 23.6 Å². The molecule has 2 bridgehead atoms. The van der Waals surface area contributed by atoms with Crippen molar-refractivity contribution in [1.29, 1.82) is 0 Å². The van der Waals surface area contributed by atoms with E-state index >= 15 is 0 Å². The maximum atomic E-state index is 11.6. The minimum Gasteiger partial charge on any atom is -0.481 e. The number of carbonyl (C=O) groups is 2. The van der Waals surface area contributed by atoms with Crippen LogP contribution >= 0.6 is 11.8 Å². The average molecular weight is 258 g/mol. The first-order valence-corrected chi connectivity index (χ1v) is 7.12. The lowest BCUT2D eigenvalue weighted by Crippen LogP contribution is -2.57. The van der Waals surface area contributed by atoms with E-state index in [1.165, 1.54) is 12.8 Å². The highest BCUT2D eigenvalue weighted by Gasteiger charge is 2.34. The van der Waals surface area contributed by atoms with Gasteiger partial charge in [-0.3, -0.25) is 9.59 Å². The summed E-state index contributed by atoms with van der Waals surface area (Å²) in [5, 5.41) is 11.5. The van der Waals surface area contributed by atoms with Gasteiger partial charge < -0.3 is 15.3 Å². The number of nitrogens with one attached hydrogen (secondary N) is 1. The Bertz CT molecular complexity index is 303. The van der Waals surface area contributed by atoms with Crippen LogP contribution in [0.1, 0.15) is 12.8 Å². The summed E-state index contributed by atoms with van der Waals surface area (Å²) in [6.45, 7) is 3.27. The summed E-state index contributed by atoms with van der Waals surface area (Å²) in [6, 6.07) is 0.274. The van der Waals surface area contributed by atoms with Gasteiger partial charge in [0, 0.05) is 12.6 Å². The van der Waals surface area contributed by atoms with Crippen LogP contribution in [0.2, 0.25) is 0 Å². The van der Waals surface area contributed by atoms with Crippen molar-refractivity contribution in [3.8, 4) is 0 Å². The summed E-state index contributed by atoms with van der Waals surface area (Å²) in [5.74, 6) is -0.0440. The van der Waals surface area contributed by atoms with E-state index in [1.807, 2.05) is 0 Å². The Hall–Kier alpha value is -0.750. The lowest BCUT2D eigenvalue weighted by molar-refractivity contribution is -0.133. The van der Waals surface area contributed by atoms with Crippen LogP contribution in [0.3, 0.4) is 0 Å². The van der Waals surface area contributed by atoms with E-state index in [0.29, 0.717) is 5.92 Å². The highest BCUT2D eigenvalue weighted by atomic mass is 32.2. The fourth-order valence-electron chi connectivity index (χ4n) is 2.61. The van der Waals surface area contributed by atoms with Crippen molar-refractivity contribution in [1.82, 2.24) is 10.2 Å². The van der Waals surface area contributed by atoms with Gasteiger partial charge in [0.2, 0.25) is 5.91 Å². The topological polar surface area (TPSA) is 69.6 Å². The van der Waals surface area contributed by atoms with Crippen LogP contribution in [0.25, 0.3) is 0 Å². The van der Waals surface area contributed by atoms with Crippen LogP contribution in [-0.4, -0.2) is 59.1 Å². The molecule has 0 spiro atoms. The van der Waals surface area contributed by atoms with Gasteiger partial charge in [-0.25, -0.2) is 0 Å². The molecular weight excluding hydrogens is 240 g/mol. The molecule has 0 aromatic heterocycles. The lowest BCUT2D eigenvalue weighted by Gasteiger charge is -2.44. The molecule has 0 aromatic carbocycles. The summed E-state index contributed by atoms with van der Waals surface area (Å²) >= 11 is 1.15. The Morgan fingerprint density at radius 1 is 1.29 bits per heavy atom. The van der Waals surface area contributed by atoms with Crippen molar-refractivity contribution in [2.75, 3.05) is 31.1 Å². The van der Waals surface area contributed by atoms with Crippen LogP contribution in [0, 0.1) is 5.92 Å². The Balaban J connectivity index is 1.70. The average Bonchev–Trinajstić information content (AvgIpc) is 2.30. The number of carboxylic acid groups (broad SMARTS) is 1. The molecule has 0 radical (unpaired) electrons. The molecule has 0 saturated carbocycles. The van der Waals surface area contributed by atoms with Crippen molar-refractivity contribution < 1.29 is 14.7 Å². The van der Waals surface area contributed by atoms with E-state index in [9.17, 15) is 9.59 Å². The smallest absolute Gasteiger partial charge is 0.313 e. The zero-order chi connectivity index (χ0) is 12.3. The number of rotatable bonds is 5. The van der Waals surface area contributed by atoms with Gasteiger partial charge in [0.25, 0.3) is 0 Å². The van der Waals surface area contributed by atoms with E-state index < -0.39 is 5.97 Å². The number of nitrogens with zero attached hydrogens (tertiary/aromatic N) is 1. The number of aliphatic carboxylic acids is 1. The predicted molar refractivity (Wildman–Crippen MR) is 66.1 cm³/mol. The van der Waals surface area contributed by atoms with Gasteiger partial charge in [-0.1, -0.05) is 0 Å². The fourth-order valence-corrected chi connectivity index (χ4v) is 3.15. The summed E-state index contributed by atoms with van der Waals surface area (Å²) in [4.78, 5) is 24.3. The van der Waals surface area contributed by atoms with Crippen molar-refractivity contribution in [3.05, 3.63) is 0 Å². The largest absolute Gasteiger partial charge is 0.481 e. The summed E-state index contributed by atoms with van der Waals surface area (Å²) < 4.78 is 0. The molecule has 5 nitrogen and oxygen atoms in total. The first kappa shape index (κ1) is 12.7. The van der Waals surface area contributed by atoms with Gasteiger partial charge in [0.05, 0.1) is 11.5 Å². The van der Waals surface area contributed by atoms with Crippen LogP contribution in [0.5, 0.6) is 0 Å². The van der Waals surface area contributed by atoms with Gasteiger partial charge >= 0.3 is 5.97 Å². The number of piperidine rings is 3. The number of fused-ring (bicyclic) bond motifs is 3. The summed E-state index contributed by atoms with van der Waals surface area (Å²) in [6.07, 6.45) is 2.35. The summed E-state index contributed by atoms with van der Waals surface area (Å²) in [5.41, 5.74) is 0. The monoisotopic (exact) mass is 258 g/mol. The minimum absolute atomic E-state index is 0.00631. The summed E-state index contributed by atoms with van der Waals surface area (Å²) in [7, 11) is 0. The standard InChI is InChI=1S/C11H18N2O3S/c14-10(6-17-7-11(15)16)12-9-5-13-3-1-8(9)2-4-13/h8-9H,1-7H2,(H,12,14)(H,15,16). The number of carboxylic acids is 1. The normalized spacial score (nSPS) is 31.2. The molecular formula is C11H18N2O3S. The second kappa shape index (κ2) is 5.73. The number of amides is 1. The zero-order valence-corrected chi connectivity index (χ0v) is 10.5. The quantitative estimate of drug-likeness (QED) is 0.727. The molecule has 1 atom stereocenters. The van der Waals surface area contributed by atoms with Crippen molar-refractivity contribution in [2.24, 2.45) is 5.92 Å². The third-order valence-electron chi connectivity index (χ3n) is 3.46. The molecule has 6 heteroatoms. The van der Waals surface area contributed by atoms with E-state index in [2.05, 4.69) is 10.2 Å². The molecule has 1 unspecified atom stereocenters. The highest BCUT2D eigenvalue weighted by molar-refractivity contribution is 8.00. The fraction of sp³-hybridized carbons (Fsp3) is 0.818. The molecule has 96 valence electrons. The molecule has 3 aliphatic rings. The predicted octanol–water partition coefficient (Wildman–Crippen LogP) is 0.0146. The molecule has 0 aromatic rings. The van der Waals surface area contributed by atoms with E-state index in [0.717, 1.165) is 31.4 Å². The molecule has 0 aliphatic carbocycles. The van der Waals surface area contributed by atoms with Crippen LogP contribution in [-0.2, 0) is 9.59 Å². The third-order valence-corrected chi connectivity index (χ3v) is 4.38. The molecule has 3 fully saturated rings. The van der Waals surface area contributed by atoms with Crippen LogP contribution < -0.4 is 5.32 Å². The Kier molecular flexibility index (Phi) is 4.28. The van der Waals surface area contributed by atoms with Crippen molar-refractivity contribution in [2.45, 2.75) is 18.9 Å². The van der Waals surface area contributed by atoms with E-state index in [1.54, 1.807) is 0 Å². The van der Waals surface area contributed by atoms with Gasteiger partial charge in [0.1, 0.15) is 0 Å². The zero-order valence-electron chi connectivity index (χ0n) is 9.72. The molecule has 3 aliphatic heterocycles. The number of hydrogen-bond acceptors (Lipinski definition) is 4. The Labute approximate surface area is 105 Å². The van der Waals surface area contributed by atoms with Crippen LogP contribution in [0.4, 0.5) is 0 Å². The van der Waals surface area contributed by atoms with Gasteiger partial charge in [-0.15, -0.1) is 11.8 Å². The third kappa shape index (κ3) is 3.61. The van der Waals surface area contributed by atoms with Gasteiger partial charge in [0.15, 0.2) is 0 Å². The maximum absolute atomic E-state index is 11.6. The molecule has 3 heterocycles. The second-order valence-corrected chi connectivity index (χ2v) is 5.68. The molecule has 17 heavy (non-hydrogen) atoms. The first-order chi connectivity index (χ1) is 8.15. The molecule has 1 amide bonds. The molecule has 3 saturated heterocycles. The first-order valence-electron chi connectivity index (χ1n) is 5.96.